The number of carbonyl (C=O) groups is 1. The van der Waals surface area contributed by atoms with Crippen molar-refractivity contribution in [2.24, 2.45) is 0 Å². The number of nitrogens with zero attached hydrogens (tertiary/aromatic N) is 1. The van der Waals surface area contributed by atoms with Gasteiger partial charge in [-0.2, -0.15) is 0 Å². The Morgan fingerprint density at radius 1 is 1.00 bits per heavy atom. The molecule has 3 aromatic carbocycles. The van der Waals surface area contributed by atoms with E-state index in [1.165, 1.54) is 16.7 Å². The number of hydrogen-bond donors (Lipinski definition) is 0. The largest absolute Gasteiger partial charge is 0.495 e. The van der Waals surface area contributed by atoms with Gasteiger partial charge in [0, 0.05) is 5.02 Å². The van der Waals surface area contributed by atoms with Crippen molar-refractivity contribution in [2.45, 2.75) is 13.5 Å². The normalized spacial score (nSPS) is 14.6. The van der Waals surface area contributed by atoms with Crippen LogP contribution in [0.4, 0.5) is 5.69 Å². The van der Waals surface area contributed by atoms with Gasteiger partial charge in [0.1, 0.15) is 12.4 Å². The first-order valence-corrected chi connectivity index (χ1v) is 12.2. The Hall–Kier alpha value is -3.00. The molecule has 0 bridgehead atoms. The summed E-state index contributed by atoms with van der Waals surface area (Å²) in [5.74, 6) is 1.61. The standard InChI is InChI=1S/C26H22ClNO4S2/c1-3-31-23-14-18(10-13-22(23)32-16-17-8-11-19(27)12-9-17)15-24-25(29)28(26(33)34-24)20-6-4-5-7-21(20)30-2/h4-15H,3,16H2,1-2H3/b24-15+. The molecular weight excluding hydrogens is 490 g/mol. The molecule has 0 radical (unpaired) electrons. The van der Waals surface area contributed by atoms with Crippen molar-refractivity contribution < 1.29 is 19.0 Å². The number of amides is 1. The number of hydrogen-bond acceptors (Lipinski definition) is 6. The number of thioether (sulfide) groups is 1. The third kappa shape index (κ3) is 5.38. The number of halogens is 1. The number of anilines is 1. The summed E-state index contributed by atoms with van der Waals surface area (Å²) in [5, 5.41) is 0.680. The SMILES string of the molecule is CCOc1cc(/C=C2/SC(=S)N(c3ccccc3OC)C2=O)ccc1OCc1ccc(Cl)cc1. The highest BCUT2D eigenvalue weighted by Crippen LogP contribution is 2.40. The quantitative estimate of drug-likeness (QED) is 0.247. The molecule has 0 unspecified atom stereocenters. The van der Waals surface area contributed by atoms with Gasteiger partial charge in [-0.1, -0.05) is 65.9 Å². The Kier molecular flexibility index (Phi) is 7.77. The van der Waals surface area contributed by atoms with Crippen molar-refractivity contribution in [3.05, 3.63) is 87.8 Å². The summed E-state index contributed by atoms with van der Waals surface area (Å²) in [6, 6.07) is 20.4. The smallest absolute Gasteiger partial charge is 0.270 e. The van der Waals surface area contributed by atoms with Crippen LogP contribution < -0.4 is 19.1 Å². The molecule has 5 nitrogen and oxygen atoms in total. The van der Waals surface area contributed by atoms with E-state index < -0.39 is 0 Å². The molecule has 1 amide bonds. The van der Waals surface area contributed by atoms with E-state index in [0.29, 0.717) is 50.4 Å². The molecule has 3 aromatic rings. The fourth-order valence-corrected chi connectivity index (χ4v) is 4.80. The van der Waals surface area contributed by atoms with Crippen LogP contribution >= 0.6 is 35.6 Å². The van der Waals surface area contributed by atoms with Gasteiger partial charge < -0.3 is 14.2 Å². The van der Waals surface area contributed by atoms with Gasteiger partial charge in [-0.25, -0.2) is 0 Å². The lowest BCUT2D eigenvalue weighted by Gasteiger charge is -2.17. The number of rotatable bonds is 8. The number of thiocarbonyl (C=S) groups is 1. The Bertz CT molecular complexity index is 1240. The van der Waals surface area contributed by atoms with Crippen LogP contribution in [0.2, 0.25) is 5.02 Å². The van der Waals surface area contributed by atoms with Gasteiger partial charge >= 0.3 is 0 Å². The maximum Gasteiger partial charge on any atom is 0.270 e. The van der Waals surface area contributed by atoms with Crippen LogP contribution in [-0.4, -0.2) is 23.9 Å². The minimum atomic E-state index is -0.194. The van der Waals surface area contributed by atoms with E-state index in [4.69, 9.17) is 38.0 Å². The number of carbonyl (C=O) groups excluding carboxylic acids is 1. The first kappa shape index (κ1) is 24.1. The maximum absolute atomic E-state index is 13.2. The Morgan fingerprint density at radius 3 is 2.50 bits per heavy atom. The second-order valence-electron chi connectivity index (χ2n) is 7.24. The molecule has 0 aromatic heterocycles. The summed E-state index contributed by atoms with van der Waals surface area (Å²) in [6.45, 7) is 2.78. The van der Waals surface area contributed by atoms with Crippen LogP contribution in [0.15, 0.2) is 71.6 Å². The molecule has 1 fully saturated rings. The lowest BCUT2D eigenvalue weighted by atomic mass is 10.1. The third-order valence-corrected chi connectivity index (χ3v) is 6.55. The van der Waals surface area contributed by atoms with E-state index in [2.05, 4.69) is 0 Å². The molecule has 0 atom stereocenters. The van der Waals surface area contributed by atoms with Gasteiger partial charge in [0.15, 0.2) is 15.8 Å². The van der Waals surface area contributed by atoms with E-state index in [1.54, 1.807) is 19.3 Å². The minimum absolute atomic E-state index is 0.194. The molecular formula is C26H22ClNO4S2. The molecule has 1 aliphatic heterocycles. The van der Waals surface area contributed by atoms with Crippen molar-refractivity contribution in [3.8, 4) is 17.2 Å². The number of benzene rings is 3. The number of methoxy groups -OCH3 is 1. The topological polar surface area (TPSA) is 48.0 Å². The highest BCUT2D eigenvalue weighted by Gasteiger charge is 2.34. The highest BCUT2D eigenvalue weighted by atomic mass is 35.5. The van der Waals surface area contributed by atoms with E-state index >= 15 is 0 Å². The molecule has 0 saturated carbocycles. The maximum atomic E-state index is 13.2. The zero-order valence-corrected chi connectivity index (χ0v) is 21.0. The molecule has 1 heterocycles. The Balaban J connectivity index is 1.56. The average Bonchev–Trinajstić information content (AvgIpc) is 3.12. The second-order valence-corrected chi connectivity index (χ2v) is 9.36. The van der Waals surface area contributed by atoms with Crippen molar-refractivity contribution in [1.82, 2.24) is 0 Å². The molecule has 0 N–H and O–H groups in total. The fraction of sp³-hybridized carbons (Fsp3) is 0.154. The van der Waals surface area contributed by atoms with Gasteiger partial charge in [0.25, 0.3) is 5.91 Å². The van der Waals surface area contributed by atoms with Crippen LogP contribution in [0.1, 0.15) is 18.1 Å². The van der Waals surface area contributed by atoms with Crippen molar-refractivity contribution >= 4 is 57.6 Å². The third-order valence-electron chi connectivity index (χ3n) is 4.99. The zero-order valence-electron chi connectivity index (χ0n) is 18.6. The summed E-state index contributed by atoms with van der Waals surface area (Å²) in [7, 11) is 1.57. The molecule has 34 heavy (non-hydrogen) atoms. The van der Waals surface area contributed by atoms with Crippen LogP contribution in [0, 0.1) is 0 Å². The van der Waals surface area contributed by atoms with Gasteiger partial charge in [-0.05, 0) is 60.5 Å². The van der Waals surface area contributed by atoms with Gasteiger partial charge in [-0.3, -0.25) is 9.69 Å². The van der Waals surface area contributed by atoms with Crippen molar-refractivity contribution in [2.75, 3.05) is 18.6 Å². The monoisotopic (exact) mass is 511 g/mol. The summed E-state index contributed by atoms with van der Waals surface area (Å²) < 4.78 is 17.6. The summed E-state index contributed by atoms with van der Waals surface area (Å²) in [4.78, 5) is 15.2. The minimum Gasteiger partial charge on any atom is -0.495 e. The van der Waals surface area contributed by atoms with Crippen LogP contribution in [0.3, 0.4) is 0 Å². The molecule has 174 valence electrons. The molecule has 4 rings (SSSR count). The van der Waals surface area contributed by atoms with E-state index in [1.807, 2.05) is 67.6 Å². The lowest BCUT2D eigenvalue weighted by molar-refractivity contribution is -0.113. The summed E-state index contributed by atoms with van der Waals surface area (Å²) in [5.41, 5.74) is 2.43. The summed E-state index contributed by atoms with van der Waals surface area (Å²) >= 11 is 12.7. The van der Waals surface area contributed by atoms with Crippen molar-refractivity contribution in [3.63, 3.8) is 0 Å². The molecule has 1 saturated heterocycles. The Morgan fingerprint density at radius 2 is 1.76 bits per heavy atom. The predicted octanol–water partition coefficient (Wildman–Crippen LogP) is 6.73. The van der Waals surface area contributed by atoms with E-state index in [9.17, 15) is 4.79 Å². The van der Waals surface area contributed by atoms with Gasteiger partial charge in [0.2, 0.25) is 0 Å². The molecule has 0 aliphatic carbocycles. The summed E-state index contributed by atoms with van der Waals surface area (Å²) in [6.07, 6.45) is 1.81. The zero-order chi connectivity index (χ0) is 24.1. The second kappa shape index (κ2) is 11.0. The highest BCUT2D eigenvalue weighted by molar-refractivity contribution is 8.27. The fourth-order valence-electron chi connectivity index (χ4n) is 3.38. The van der Waals surface area contributed by atoms with Gasteiger partial charge in [0.05, 0.1) is 24.3 Å². The van der Waals surface area contributed by atoms with Crippen LogP contribution in [-0.2, 0) is 11.4 Å². The van der Waals surface area contributed by atoms with E-state index in [-0.39, 0.29) is 5.91 Å². The Labute approximate surface area is 213 Å². The van der Waals surface area contributed by atoms with E-state index in [0.717, 1.165) is 11.1 Å². The van der Waals surface area contributed by atoms with Gasteiger partial charge in [-0.15, -0.1) is 0 Å². The van der Waals surface area contributed by atoms with Crippen LogP contribution in [0.25, 0.3) is 6.08 Å². The first-order valence-electron chi connectivity index (χ1n) is 10.5. The number of para-hydroxylation sites is 2. The molecule has 0 spiro atoms. The van der Waals surface area contributed by atoms with Crippen molar-refractivity contribution in [1.29, 1.82) is 0 Å². The predicted molar refractivity (Wildman–Crippen MR) is 142 cm³/mol. The molecule has 8 heteroatoms. The van der Waals surface area contributed by atoms with Crippen LogP contribution in [0.5, 0.6) is 17.2 Å². The average molecular weight is 512 g/mol. The number of ether oxygens (including phenoxy) is 3. The lowest BCUT2D eigenvalue weighted by Crippen LogP contribution is -2.27. The first-order chi connectivity index (χ1) is 16.5. The molecule has 1 aliphatic rings.